The molecule has 0 radical (unpaired) electrons. The minimum Gasteiger partial charge on any atom is -0.485 e. The summed E-state index contributed by atoms with van der Waals surface area (Å²) in [6.07, 6.45) is 0. The lowest BCUT2D eigenvalue weighted by Gasteiger charge is -2.06. The van der Waals surface area contributed by atoms with Gasteiger partial charge in [0.25, 0.3) is 0 Å². The van der Waals surface area contributed by atoms with Gasteiger partial charge < -0.3 is 10.5 Å². The molecular formula is C11H11FN2OS. The molecule has 0 fully saturated rings. The molecule has 0 spiro atoms. The Hall–Kier alpha value is -1.62. The fourth-order valence-corrected chi connectivity index (χ4v) is 1.87. The molecule has 1 aromatic carbocycles. The number of ether oxygens (including phenoxy) is 1. The van der Waals surface area contributed by atoms with Crippen molar-refractivity contribution in [2.75, 3.05) is 5.73 Å². The van der Waals surface area contributed by atoms with Gasteiger partial charge in [-0.1, -0.05) is 0 Å². The van der Waals surface area contributed by atoms with Crippen molar-refractivity contribution in [3.05, 3.63) is 40.1 Å². The van der Waals surface area contributed by atoms with Gasteiger partial charge in [-0.3, -0.25) is 0 Å². The first-order valence-corrected chi connectivity index (χ1v) is 5.62. The van der Waals surface area contributed by atoms with Crippen LogP contribution in [0, 0.1) is 12.7 Å². The number of anilines is 1. The predicted molar refractivity (Wildman–Crippen MR) is 62.0 cm³/mol. The van der Waals surface area contributed by atoms with Crippen LogP contribution in [0.3, 0.4) is 0 Å². The summed E-state index contributed by atoms with van der Waals surface area (Å²) in [5.74, 6) is 0.112. The smallest absolute Gasteiger partial charge is 0.142 e. The maximum absolute atomic E-state index is 12.8. The van der Waals surface area contributed by atoms with Crippen LogP contribution in [0.4, 0.5) is 10.1 Å². The second-order valence-electron chi connectivity index (χ2n) is 3.33. The van der Waals surface area contributed by atoms with Crippen LogP contribution in [-0.2, 0) is 6.61 Å². The summed E-state index contributed by atoms with van der Waals surface area (Å²) in [4.78, 5) is 4.25. The van der Waals surface area contributed by atoms with E-state index in [2.05, 4.69) is 4.98 Å². The third-order valence-electron chi connectivity index (χ3n) is 2.01. The zero-order chi connectivity index (χ0) is 11.5. The van der Waals surface area contributed by atoms with Gasteiger partial charge in [0.15, 0.2) is 0 Å². The van der Waals surface area contributed by atoms with Crippen LogP contribution in [0.5, 0.6) is 5.75 Å². The molecule has 0 saturated carbocycles. The Labute approximate surface area is 96.7 Å². The Balaban J connectivity index is 2.04. The second-order valence-corrected chi connectivity index (χ2v) is 4.39. The number of aromatic nitrogens is 1. The number of aryl methyl sites for hydroxylation is 1. The molecule has 0 saturated heterocycles. The number of rotatable bonds is 3. The zero-order valence-electron chi connectivity index (χ0n) is 8.74. The van der Waals surface area contributed by atoms with Crippen LogP contribution in [0.15, 0.2) is 23.6 Å². The van der Waals surface area contributed by atoms with Gasteiger partial charge >= 0.3 is 0 Å². The Morgan fingerprint density at radius 1 is 1.50 bits per heavy atom. The number of nitrogen functional groups attached to an aromatic ring is 1. The van der Waals surface area contributed by atoms with E-state index in [9.17, 15) is 4.39 Å². The lowest BCUT2D eigenvalue weighted by Crippen LogP contribution is -1.99. The zero-order valence-corrected chi connectivity index (χ0v) is 9.55. The normalized spacial score (nSPS) is 10.4. The number of hydrogen-bond acceptors (Lipinski definition) is 4. The van der Waals surface area contributed by atoms with E-state index >= 15 is 0 Å². The summed E-state index contributed by atoms with van der Waals surface area (Å²) in [6.45, 7) is 2.28. The molecule has 1 heterocycles. The quantitative estimate of drug-likeness (QED) is 0.836. The molecule has 0 aliphatic rings. The van der Waals surface area contributed by atoms with Crippen LogP contribution in [0.25, 0.3) is 0 Å². The molecule has 0 bridgehead atoms. The van der Waals surface area contributed by atoms with Crippen molar-refractivity contribution < 1.29 is 9.13 Å². The van der Waals surface area contributed by atoms with E-state index in [1.54, 1.807) is 11.3 Å². The molecule has 2 N–H and O–H groups in total. The largest absolute Gasteiger partial charge is 0.485 e. The fraction of sp³-hybridized carbons (Fsp3) is 0.182. The van der Waals surface area contributed by atoms with E-state index < -0.39 is 0 Å². The average molecular weight is 238 g/mol. The van der Waals surface area contributed by atoms with E-state index in [4.69, 9.17) is 10.5 Å². The lowest BCUT2D eigenvalue weighted by molar-refractivity contribution is 0.303. The average Bonchev–Trinajstić information content (AvgIpc) is 2.63. The molecule has 0 aliphatic heterocycles. The first-order valence-electron chi connectivity index (χ1n) is 4.74. The third kappa shape index (κ3) is 2.49. The maximum atomic E-state index is 12.8. The molecule has 0 amide bonds. The van der Waals surface area contributed by atoms with Gasteiger partial charge in [-0.2, -0.15) is 0 Å². The maximum Gasteiger partial charge on any atom is 0.142 e. The number of halogens is 1. The van der Waals surface area contributed by atoms with Gasteiger partial charge in [0.2, 0.25) is 0 Å². The van der Waals surface area contributed by atoms with E-state index in [-0.39, 0.29) is 5.82 Å². The first-order chi connectivity index (χ1) is 7.65. The summed E-state index contributed by atoms with van der Waals surface area (Å²) in [7, 11) is 0. The van der Waals surface area contributed by atoms with Crippen molar-refractivity contribution in [3.8, 4) is 5.75 Å². The van der Waals surface area contributed by atoms with Crippen molar-refractivity contribution in [1.29, 1.82) is 0 Å². The minimum atomic E-state index is -0.366. The summed E-state index contributed by atoms with van der Waals surface area (Å²) >= 11 is 1.56. The monoisotopic (exact) mass is 238 g/mol. The fourth-order valence-electron chi connectivity index (χ4n) is 1.28. The molecule has 16 heavy (non-hydrogen) atoms. The van der Waals surface area contributed by atoms with Crippen molar-refractivity contribution in [1.82, 2.24) is 4.98 Å². The van der Waals surface area contributed by atoms with E-state index in [1.165, 1.54) is 18.2 Å². The predicted octanol–water partition coefficient (Wildman–Crippen LogP) is 2.75. The molecule has 2 aromatic rings. The van der Waals surface area contributed by atoms with Crippen molar-refractivity contribution in [2.45, 2.75) is 13.5 Å². The standard InChI is InChI=1S/C11H11FN2OS/c1-7-14-9(6-16-7)5-15-11-3-2-8(12)4-10(11)13/h2-4,6H,5,13H2,1H3. The molecule has 84 valence electrons. The Morgan fingerprint density at radius 3 is 2.94 bits per heavy atom. The van der Waals surface area contributed by atoms with Crippen LogP contribution in [0.1, 0.15) is 10.7 Å². The highest BCUT2D eigenvalue weighted by Gasteiger charge is 2.04. The number of hydrogen-bond donors (Lipinski definition) is 1. The van der Waals surface area contributed by atoms with Gasteiger partial charge in [0.1, 0.15) is 18.2 Å². The molecule has 1 aromatic heterocycles. The van der Waals surface area contributed by atoms with E-state index in [0.717, 1.165) is 10.7 Å². The third-order valence-corrected chi connectivity index (χ3v) is 2.84. The molecule has 0 aliphatic carbocycles. The summed E-state index contributed by atoms with van der Waals surface area (Å²) < 4.78 is 18.2. The highest BCUT2D eigenvalue weighted by Crippen LogP contribution is 2.23. The van der Waals surface area contributed by atoms with Crippen LogP contribution < -0.4 is 10.5 Å². The summed E-state index contributed by atoms with van der Waals surface area (Å²) in [5, 5.41) is 2.92. The lowest BCUT2D eigenvalue weighted by atomic mass is 10.3. The Bertz CT molecular complexity index is 498. The summed E-state index contributed by atoms with van der Waals surface area (Å²) in [5.41, 5.74) is 6.76. The number of nitrogens with zero attached hydrogens (tertiary/aromatic N) is 1. The molecule has 0 atom stereocenters. The molecule has 2 rings (SSSR count). The highest BCUT2D eigenvalue weighted by molar-refractivity contribution is 7.09. The van der Waals surface area contributed by atoms with Crippen LogP contribution >= 0.6 is 11.3 Å². The van der Waals surface area contributed by atoms with Gasteiger partial charge in [-0.25, -0.2) is 9.37 Å². The topological polar surface area (TPSA) is 48.1 Å². The van der Waals surface area contributed by atoms with Crippen molar-refractivity contribution in [2.24, 2.45) is 0 Å². The number of thiazole rings is 1. The van der Waals surface area contributed by atoms with Gasteiger partial charge in [0, 0.05) is 11.4 Å². The summed E-state index contributed by atoms with van der Waals surface area (Å²) in [6, 6.07) is 4.07. The van der Waals surface area contributed by atoms with Crippen molar-refractivity contribution in [3.63, 3.8) is 0 Å². The molecule has 5 heteroatoms. The minimum absolute atomic E-state index is 0.298. The first kappa shape index (κ1) is 10.9. The molecule has 3 nitrogen and oxygen atoms in total. The van der Waals surface area contributed by atoms with Gasteiger partial charge in [-0.05, 0) is 19.1 Å². The second kappa shape index (κ2) is 4.49. The van der Waals surface area contributed by atoms with Crippen LogP contribution in [0.2, 0.25) is 0 Å². The van der Waals surface area contributed by atoms with E-state index in [1.807, 2.05) is 12.3 Å². The number of benzene rings is 1. The Morgan fingerprint density at radius 2 is 2.31 bits per heavy atom. The Kier molecular flexibility index (Phi) is 3.05. The molecule has 0 unspecified atom stereocenters. The highest BCUT2D eigenvalue weighted by atomic mass is 32.1. The van der Waals surface area contributed by atoms with Gasteiger partial charge in [-0.15, -0.1) is 11.3 Å². The van der Waals surface area contributed by atoms with E-state index in [0.29, 0.717) is 18.0 Å². The van der Waals surface area contributed by atoms with Gasteiger partial charge in [0.05, 0.1) is 16.4 Å². The molecular weight excluding hydrogens is 227 g/mol. The SMILES string of the molecule is Cc1nc(COc2ccc(F)cc2N)cs1. The van der Waals surface area contributed by atoms with Crippen LogP contribution in [-0.4, -0.2) is 4.98 Å². The number of nitrogens with two attached hydrogens (primary N) is 1. The van der Waals surface area contributed by atoms with Crippen molar-refractivity contribution >= 4 is 17.0 Å².